The van der Waals surface area contributed by atoms with Gasteiger partial charge in [-0.2, -0.15) is 0 Å². The van der Waals surface area contributed by atoms with Gasteiger partial charge in [-0.05, 0) is 178 Å². The molecule has 7 rings (SSSR count). The van der Waals surface area contributed by atoms with Gasteiger partial charge in [-0.15, -0.1) is 0 Å². The van der Waals surface area contributed by atoms with Crippen molar-refractivity contribution in [3.8, 4) is 22.3 Å². The van der Waals surface area contributed by atoms with Crippen LogP contribution in [0.25, 0.3) is 43.8 Å². The summed E-state index contributed by atoms with van der Waals surface area (Å²) in [5.74, 6) is -0.954. The van der Waals surface area contributed by atoms with Crippen molar-refractivity contribution >= 4 is 33.5 Å². The molecular formula is C54H60O4. The van der Waals surface area contributed by atoms with Crippen LogP contribution >= 0.6 is 0 Å². The molecule has 0 unspecified atom stereocenters. The molecule has 0 bridgehead atoms. The first-order valence-corrected chi connectivity index (χ1v) is 21.9. The third-order valence-electron chi connectivity index (χ3n) is 12.5. The second kappa shape index (κ2) is 17.7. The van der Waals surface area contributed by atoms with E-state index in [0.29, 0.717) is 24.0 Å². The van der Waals surface area contributed by atoms with Crippen molar-refractivity contribution in [2.45, 2.75) is 120 Å². The van der Waals surface area contributed by atoms with Crippen LogP contribution < -0.4 is 0 Å². The van der Waals surface area contributed by atoms with Crippen LogP contribution in [0.4, 0.5) is 0 Å². The van der Waals surface area contributed by atoms with Crippen molar-refractivity contribution in [1.29, 1.82) is 0 Å². The van der Waals surface area contributed by atoms with E-state index in [4.69, 9.17) is 9.47 Å². The van der Waals surface area contributed by atoms with E-state index in [-0.39, 0.29) is 13.2 Å². The van der Waals surface area contributed by atoms with Crippen molar-refractivity contribution in [3.05, 3.63) is 140 Å². The third-order valence-corrected chi connectivity index (χ3v) is 12.5. The SMILES string of the molecule is CCCc1c(CCC)c(CCC)c2cc3c(-c4ccccc4)c4c(c(-c5ccccc5)c3cc2c1CCC)Cc1c(C)c(C(=O)OCC)c(C(=O)OCC)c(C)c1C4. The lowest BCUT2D eigenvalue weighted by Gasteiger charge is -2.32. The van der Waals surface area contributed by atoms with Gasteiger partial charge >= 0.3 is 11.9 Å². The number of aryl methyl sites for hydroxylation is 2. The molecule has 58 heavy (non-hydrogen) atoms. The molecule has 0 heterocycles. The number of hydrogen-bond acceptors (Lipinski definition) is 4. The summed E-state index contributed by atoms with van der Waals surface area (Å²) >= 11 is 0. The number of esters is 2. The van der Waals surface area contributed by atoms with Crippen LogP contribution in [0.3, 0.4) is 0 Å². The fourth-order valence-corrected chi connectivity index (χ4v) is 10.1. The zero-order valence-corrected chi connectivity index (χ0v) is 36.0. The van der Waals surface area contributed by atoms with Crippen LogP contribution in [0.1, 0.15) is 144 Å². The van der Waals surface area contributed by atoms with E-state index in [1.165, 1.54) is 66.1 Å². The van der Waals surface area contributed by atoms with Gasteiger partial charge in [0.15, 0.2) is 0 Å². The van der Waals surface area contributed by atoms with E-state index >= 15 is 0 Å². The van der Waals surface area contributed by atoms with Crippen LogP contribution in [0, 0.1) is 13.8 Å². The van der Waals surface area contributed by atoms with E-state index in [1.807, 2.05) is 13.8 Å². The molecule has 0 fully saturated rings. The van der Waals surface area contributed by atoms with Crippen LogP contribution in [0.5, 0.6) is 0 Å². The number of rotatable bonds is 14. The Bertz CT molecular complexity index is 2330. The maximum Gasteiger partial charge on any atom is 0.339 e. The number of carbonyl (C=O) groups is 2. The predicted molar refractivity (Wildman–Crippen MR) is 242 cm³/mol. The van der Waals surface area contributed by atoms with E-state index in [0.717, 1.165) is 73.6 Å². The van der Waals surface area contributed by atoms with Gasteiger partial charge in [0, 0.05) is 0 Å². The normalized spacial score (nSPS) is 12.1. The van der Waals surface area contributed by atoms with Gasteiger partial charge in [0.2, 0.25) is 0 Å². The molecule has 4 heteroatoms. The van der Waals surface area contributed by atoms with Crippen molar-refractivity contribution in [1.82, 2.24) is 0 Å². The minimum atomic E-state index is -0.477. The molecule has 4 nitrogen and oxygen atoms in total. The van der Waals surface area contributed by atoms with Gasteiger partial charge in [-0.25, -0.2) is 9.59 Å². The lowest BCUT2D eigenvalue weighted by atomic mass is 9.72. The first-order valence-electron chi connectivity index (χ1n) is 21.9. The standard InChI is InChI=1S/C54H60O4/c1-9-21-37-38(22-10-2)40(24-12-4)44-32-48-47(31-43(44)39(37)23-11-3)51(35-25-17-15-18-26-35)45-29-41-33(7)49(53(55)57-13-5)50(54(56)58-14-6)34(8)42(41)30-46(45)52(48)36-27-19-16-20-28-36/h15-20,25-28,31-32H,9-14,21-24,29-30H2,1-8H3. The van der Waals surface area contributed by atoms with Gasteiger partial charge in [0.05, 0.1) is 24.3 Å². The molecule has 0 amide bonds. The Hall–Kier alpha value is -5.22. The molecule has 0 saturated carbocycles. The highest BCUT2D eigenvalue weighted by Gasteiger charge is 2.34. The molecule has 0 atom stereocenters. The van der Waals surface area contributed by atoms with Gasteiger partial charge < -0.3 is 9.47 Å². The van der Waals surface area contributed by atoms with E-state index in [9.17, 15) is 9.59 Å². The van der Waals surface area contributed by atoms with Crippen molar-refractivity contribution in [2.75, 3.05) is 13.2 Å². The molecular weight excluding hydrogens is 713 g/mol. The Morgan fingerprint density at radius 3 is 1.14 bits per heavy atom. The van der Waals surface area contributed by atoms with Crippen LogP contribution in [-0.4, -0.2) is 25.2 Å². The number of benzene rings is 6. The van der Waals surface area contributed by atoms with Crippen molar-refractivity contribution in [2.24, 2.45) is 0 Å². The number of carbonyl (C=O) groups excluding carboxylic acids is 2. The summed E-state index contributed by atoms with van der Waals surface area (Å²) in [5.41, 5.74) is 18.2. The van der Waals surface area contributed by atoms with Gasteiger partial charge in [-0.3, -0.25) is 0 Å². The largest absolute Gasteiger partial charge is 0.462 e. The lowest BCUT2D eigenvalue weighted by molar-refractivity contribution is 0.0477. The summed E-state index contributed by atoms with van der Waals surface area (Å²) in [6, 6.07) is 26.9. The van der Waals surface area contributed by atoms with Gasteiger partial charge in [0.25, 0.3) is 0 Å². The maximum atomic E-state index is 13.8. The summed E-state index contributed by atoms with van der Waals surface area (Å²) in [6.45, 7) is 17.3. The Labute approximate surface area is 346 Å². The fourth-order valence-electron chi connectivity index (χ4n) is 10.1. The Kier molecular flexibility index (Phi) is 12.5. The molecule has 1 aliphatic carbocycles. The minimum absolute atomic E-state index is 0.220. The molecule has 1 aliphatic rings. The van der Waals surface area contributed by atoms with E-state index in [1.54, 1.807) is 25.0 Å². The zero-order chi connectivity index (χ0) is 41.1. The monoisotopic (exact) mass is 772 g/mol. The molecule has 0 spiro atoms. The molecule has 0 aromatic heterocycles. The molecule has 6 aromatic rings. The predicted octanol–water partition coefficient (Wildman–Crippen LogP) is 13.6. The number of hydrogen-bond donors (Lipinski definition) is 0. The van der Waals surface area contributed by atoms with Gasteiger partial charge in [0.1, 0.15) is 0 Å². The average Bonchev–Trinajstić information content (AvgIpc) is 3.23. The summed E-state index contributed by atoms with van der Waals surface area (Å²) in [6.07, 6.45) is 10.0. The van der Waals surface area contributed by atoms with Gasteiger partial charge in [-0.1, -0.05) is 114 Å². The van der Waals surface area contributed by atoms with E-state index < -0.39 is 11.9 Å². The first-order chi connectivity index (χ1) is 28.2. The molecule has 0 saturated heterocycles. The highest BCUT2D eigenvalue weighted by Crippen LogP contribution is 2.50. The smallest absolute Gasteiger partial charge is 0.339 e. The minimum Gasteiger partial charge on any atom is -0.462 e. The van der Waals surface area contributed by atoms with Crippen molar-refractivity contribution < 1.29 is 19.1 Å². The first kappa shape index (κ1) is 41.0. The third kappa shape index (κ3) is 7.14. The fraction of sp³-hybridized carbons (Fsp3) is 0.370. The second-order valence-electron chi connectivity index (χ2n) is 16.0. The lowest BCUT2D eigenvalue weighted by Crippen LogP contribution is -2.23. The summed E-state index contributed by atoms with van der Waals surface area (Å²) in [4.78, 5) is 27.5. The van der Waals surface area contributed by atoms with Crippen molar-refractivity contribution in [3.63, 3.8) is 0 Å². The highest BCUT2D eigenvalue weighted by molar-refractivity contribution is 6.15. The van der Waals surface area contributed by atoms with Crippen LogP contribution in [0.2, 0.25) is 0 Å². The molecule has 0 N–H and O–H groups in total. The van der Waals surface area contributed by atoms with Crippen LogP contribution in [0.15, 0.2) is 72.8 Å². The number of ether oxygens (including phenoxy) is 2. The Morgan fingerprint density at radius 1 is 0.466 bits per heavy atom. The van der Waals surface area contributed by atoms with E-state index in [2.05, 4.69) is 100 Å². The topological polar surface area (TPSA) is 52.6 Å². The maximum absolute atomic E-state index is 13.8. The summed E-state index contributed by atoms with van der Waals surface area (Å²) in [5, 5.41) is 5.36. The van der Waals surface area contributed by atoms with Crippen LogP contribution in [-0.2, 0) is 48.0 Å². The highest BCUT2D eigenvalue weighted by atomic mass is 16.5. The molecule has 300 valence electrons. The molecule has 0 radical (unpaired) electrons. The summed E-state index contributed by atoms with van der Waals surface area (Å²) < 4.78 is 11.2. The number of fused-ring (bicyclic) bond motifs is 4. The molecule has 6 aromatic carbocycles. The quantitative estimate of drug-likeness (QED) is 0.0816. The zero-order valence-electron chi connectivity index (χ0n) is 36.0. The average molecular weight is 773 g/mol. The summed E-state index contributed by atoms with van der Waals surface area (Å²) in [7, 11) is 0. The molecule has 0 aliphatic heterocycles. The second-order valence-corrected chi connectivity index (χ2v) is 16.0. The Morgan fingerprint density at radius 2 is 0.810 bits per heavy atom. The Balaban J connectivity index is 1.69.